The number of nitrogens with two attached hydrogens (primary N) is 2. The molecule has 6 nitrogen and oxygen atoms in total. The van der Waals surface area contributed by atoms with E-state index in [1.807, 2.05) is 30.3 Å². The maximum Gasteiger partial charge on any atom is 0.184 e. The molecule has 0 aliphatic carbocycles. The van der Waals surface area contributed by atoms with E-state index in [1.165, 1.54) is 0 Å². The molecule has 0 amide bonds. The van der Waals surface area contributed by atoms with Crippen LogP contribution in [0.15, 0.2) is 30.3 Å². The van der Waals surface area contributed by atoms with Gasteiger partial charge in [-0.05, 0) is 0 Å². The normalized spacial score (nSPS) is 41.1. The molecule has 6 atom stereocenters. The number of benzene rings is 1. The van der Waals surface area contributed by atoms with E-state index in [1.54, 1.807) is 7.11 Å². The van der Waals surface area contributed by atoms with E-state index < -0.39 is 18.6 Å². The highest BCUT2D eigenvalue weighted by atomic mass is 16.7. The van der Waals surface area contributed by atoms with Crippen LogP contribution in [0.3, 0.4) is 0 Å². The second-order valence-corrected chi connectivity index (χ2v) is 5.11. The van der Waals surface area contributed by atoms with Crippen LogP contribution in [0.4, 0.5) is 0 Å². The summed E-state index contributed by atoms with van der Waals surface area (Å²) in [5.74, 6) is 0. The number of rotatable bonds is 2. The topological polar surface area (TPSA) is 89.0 Å². The summed E-state index contributed by atoms with van der Waals surface area (Å²) in [6.07, 6.45) is -1.50. The molecule has 2 saturated heterocycles. The number of ether oxygens (including phenoxy) is 4. The van der Waals surface area contributed by atoms with Crippen molar-refractivity contribution in [3.8, 4) is 0 Å². The Morgan fingerprint density at radius 3 is 2.55 bits per heavy atom. The third-order valence-electron chi connectivity index (χ3n) is 3.81. The summed E-state index contributed by atoms with van der Waals surface area (Å²) >= 11 is 0. The number of hydrogen-bond acceptors (Lipinski definition) is 6. The number of fused-ring (bicyclic) bond motifs is 1. The largest absolute Gasteiger partial charge is 0.354 e. The fourth-order valence-corrected chi connectivity index (χ4v) is 2.66. The Bertz CT molecular complexity index is 442. The van der Waals surface area contributed by atoms with Crippen LogP contribution >= 0.6 is 0 Å². The lowest BCUT2D eigenvalue weighted by Gasteiger charge is -2.47. The average Bonchev–Trinajstić information content (AvgIpc) is 2.51. The first-order valence-electron chi connectivity index (χ1n) is 6.72. The summed E-state index contributed by atoms with van der Waals surface area (Å²) < 4.78 is 22.6. The maximum absolute atomic E-state index is 6.17. The van der Waals surface area contributed by atoms with Crippen LogP contribution in [0.2, 0.25) is 0 Å². The van der Waals surface area contributed by atoms with E-state index in [2.05, 4.69) is 0 Å². The minimum Gasteiger partial charge on any atom is -0.354 e. The molecule has 1 unspecified atom stereocenters. The van der Waals surface area contributed by atoms with Gasteiger partial charge < -0.3 is 30.4 Å². The highest BCUT2D eigenvalue weighted by Crippen LogP contribution is 2.32. The van der Waals surface area contributed by atoms with Gasteiger partial charge in [0.2, 0.25) is 0 Å². The van der Waals surface area contributed by atoms with E-state index in [0.717, 1.165) is 5.56 Å². The van der Waals surface area contributed by atoms with E-state index in [9.17, 15) is 0 Å². The Kier molecular flexibility index (Phi) is 4.02. The lowest BCUT2D eigenvalue weighted by molar-refractivity contribution is -0.321. The minimum atomic E-state index is -0.522. The maximum atomic E-state index is 6.17. The molecule has 1 aromatic rings. The zero-order valence-electron chi connectivity index (χ0n) is 11.3. The molecule has 1 aromatic carbocycles. The monoisotopic (exact) mass is 280 g/mol. The quantitative estimate of drug-likeness (QED) is 0.800. The standard InChI is InChI=1S/C14H20N2O4/c1-17-14-11(16)10(15)12-9(19-14)7-18-13(20-12)8-5-3-2-4-6-8/h2-6,9-14H,7,15-16H2,1H3/t9-,10+,11-,12+,13?,14-/m1/s1. The van der Waals surface area contributed by atoms with Crippen LogP contribution < -0.4 is 11.5 Å². The summed E-state index contributed by atoms with van der Waals surface area (Å²) in [6, 6.07) is 8.97. The van der Waals surface area contributed by atoms with E-state index in [-0.39, 0.29) is 18.2 Å². The molecule has 0 saturated carbocycles. The zero-order chi connectivity index (χ0) is 14.1. The lowest BCUT2D eigenvalue weighted by Crippen LogP contribution is -2.67. The Morgan fingerprint density at radius 1 is 1.10 bits per heavy atom. The van der Waals surface area contributed by atoms with E-state index in [0.29, 0.717) is 6.61 Å². The van der Waals surface area contributed by atoms with Crippen LogP contribution in [-0.4, -0.2) is 44.3 Å². The van der Waals surface area contributed by atoms with E-state index >= 15 is 0 Å². The number of hydrogen-bond donors (Lipinski definition) is 2. The summed E-state index contributed by atoms with van der Waals surface area (Å²) in [7, 11) is 1.55. The predicted octanol–water partition coefficient (Wildman–Crippen LogP) is 0.127. The molecular weight excluding hydrogens is 260 g/mol. The molecule has 2 heterocycles. The van der Waals surface area contributed by atoms with Crippen molar-refractivity contribution < 1.29 is 18.9 Å². The van der Waals surface area contributed by atoms with Gasteiger partial charge in [-0.2, -0.15) is 0 Å². The van der Waals surface area contributed by atoms with Gasteiger partial charge in [0.25, 0.3) is 0 Å². The smallest absolute Gasteiger partial charge is 0.184 e. The summed E-state index contributed by atoms with van der Waals surface area (Å²) in [6.45, 7) is 0.407. The van der Waals surface area contributed by atoms with Crippen molar-refractivity contribution in [2.24, 2.45) is 11.5 Å². The predicted molar refractivity (Wildman–Crippen MR) is 71.6 cm³/mol. The van der Waals surface area contributed by atoms with Crippen molar-refractivity contribution in [2.75, 3.05) is 13.7 Å². The molecule has 3 rings (SSSR count). The average molecular weight is 280 g/mol. The van der Waals surface area contributed by atoms with Gasteiger partial charge in [0, 0.05) is 12.7 Å². The third-order valence-corrected chi connectivity index (χ3v) is 3.81. The van der Waals surface area contributed by atoms with Crippen LogP contribution in [0.1, 0.15) is 11.9 Å². The van der Waals surface area contributed by atoms with Gasteiger partial charge in [-0.1, -0.05) is 30.3 Å². The molecule has 20 heavy (non-hydrogen) atoms. The van der Waals surface area contributed by atoms with Crippen LogP contribution in [0.25, 0.3) is 0 Å². The van der Waals surface area contributed by atoms with Gasteiger partial charge in [0.05, 0.1) is 18.7 Å². The van der Waals surface area contributed by atoms with Crippen molar-refractivity contribution in [2.45, 2.75) is 36.9 Å². The summed E-state index contributed by atoms with van der Waals surface area (Å²) in [5.41, 5.74) is 13.2. The van der Waals surface area contributed by atoms with Crippen molar-refractivity contribution in [1.82, 2.24) is 0 Å². The summed E-state index contributed by atoms with van der Waals surface area (Å²) in [4.78, 5) is 0. The highest BCUT2D eigenvalue weighted by molar-refractivity contribution is 5.16. The second-order valence-electron chi connectivity index (χ2n) is 5.11. The second kappa shape index (κ2) is 5.77. The molecule has 2 aliphatic heterocycles. The van der Waals surface area contributed by atoms with Gasteiger partial charge in [0.15, 0.2) is 12.6 Å². The molecule has 0 spiro atoms. The molecule has 110 valence electrons. The molecule has 2 aliphatic rings. The molecule has 0 aromatic heterocycles. The van der Waals surface area contributed by atoms with E-state index in [4.69, 9.17) is 30.4 Å². The van der Waals surface area contributed by atoms with Gasteiger partial charge in [0.1, 0.15) is 12.2 Å². The van der Waals surface area contributed by atoms with Gasteiger partial charge in [-0.3, -0.25) is 0 Å². The van der Waals surface area contributed by atoms with Crippen LogP contribution in [0.5, 0.6) is 0 Å². The van der Waals surface area contributed by atoms with Crippen molar-refractivity contribution in [1.29, 1.82) is 0 Å². The fourth-order valence-electron chi connectivity index (χ4n) is 2.66. The highest BCUT2D eigenvalue weighted by Gasteiger charge is 2.47. The first-order valence-corrected chi connectivity index (χ1v) is 6.72. The zero-order valence-corrected chi connectivity index (χ0v) is 11.3. The Morgan fingerprint density at radius 2 is 1.85 bits per heavy atom. The first-order chi connectivity index (χ1) is 9.70. The lowest BCUT2D eigenvalue weighted by atomic mass is 9.94. The molecule has 6 heteroatoms. The van der Waals surface area contributed by atoms with Crippen LogP contribution in [-0.2, 0) is 18.9 Å². The molecule has 0 radical (unpaired) electrons. The fraction of sp³-hybridized carbons (Fsp3) is 0.571. The minimum absolute atomic E-state index is 0.255. The Hall–Kier alpha value is -1.02. The molecule has 0 bridgehead atoms. The Balaban J connectivity index is 1.74. The van der Waals surface area contributed by atoms with Crippen LogP contribution in [0, 0.1) is 0 Å². The van der Waals surface area contributed by atoms with Crippen molar-refractivity contribution >= 4 is 0 Å². The Labute approximate surface area is 117 Å². The number of methoxy groups -OCH3 is 1. The van der Waals surface area contributed by atoms with Gasteiger partial charge in [-0.15, -0.1) is 0 Å². The molecular formula is C14H20N2O4. The SMILES string of the molecule is CO[C@@H]1O[C@@H]2COC(c3ccccc3)O[C@@H]2[C@@H](N)[C@H]1N. The van der Waals surface area contributed by atoms with Gasteiger partial charge >= 0.3 is 0 Å². The van der Waals surface area contributed by atoms with Gasteiger partial charge in [-0.25, -0.2) is 0 Å². The molecule has 4 N–H and O–H groups in total. The molecule has 2 fully saturated rings. The summed E-state index contributed by atoms with van der Waals surface area (Å²) in [5, 5.41) is 0. The van der Waals surface area contributed by atoms with Crippen molar-refractivity contribution in [3.05, 3.63) is 35.9 Å². The van der Waals surface area contributed by atoms with Crippen molar-refractivity contribution in [3.63, 3.8) is 0 Å². The third kappa shape index (κ3) is 2.46. The first kappa shape index (κ1) is 13.9.